The van der Waals surface area contributed by atoms with E-state index in [0.717, 1.165) is 16.3 Å². The molecule has 0 saturated heterocycles. The predicted octanol–water partition coefficient (Wildman–Crippen LogP) is 2.99. The van der Waals surface area contributed by atoms with Gasteiger partial charge >= 0.3 is 0 Å². The van der Waals surface area contributed by atoms with Gasteiger partial charge in [-0.3, -0.25) is 4.79 Å². The Kier molecular flexibility index (Phi) is 3.45. The molecule has 3 nitrogen and oxygen atoms in total. The van der Waals surface area contributed by atoms with Crippen molar-refractivity contribution in [2.45, 2.75) is 13.8 Å². The fourth-order valence-corrected chi connectivity index (χ4v) is 2.43. The van der Waals surface area contributed by atoms with Gasteiger partial charge in [0.15, 0.2) is 0 Å². The average Bonchev–Trinajstić information content (AvgIpc) is 2.69. The zero-order valence-corrected chi connectivity index (χ0v) is 11.0. The second-order valence-electron chi connectivity index (χ2n) is 3.83. The Balaban J connectivity index is 2.21. The van der Waals surface area contributed by atoms with Gasteiger partial charge in [-0.1, -0.05) is 12.0 Å². The molecule has 1 amide bonds. The zero-order valence-electron chi connectivity index (χ0n) is 10.2. The van der Waals surface area contributed by atoms with E-state index in [1.807, 2.05) is 32.0 Å². The number of nitrogens with one attached hydrogen (secondary N) is 1. The average molecular weight is 256 g/mol. The number of aryl methyl sites for hydroxylation is 2. The molecule has 18 heavy (non-hydrogen) atoms. The van der Waals surface area contributed by atoms with Crippen molar-refractivity contribution in [3.05, 3.63) is 45.4 Å². The minimum absolute atomic E-state index is 0.146. The van der Waals surface area contributed by atoms with E-state index in [4.69, 9.17) is 6.42 Å². The molecular formula is C14H12N2OS. The van der Waals surface area contributed by atoms with Crippen LogP contribution in [-0.2, 0) is 0 Å². The minimum atomic E-state index is -0.146. The number of benzene rings is 1. The molecule has 0 atom stereocenters. The first-order chi connectivity index (χ1) is 8.60. The van der Waals surface area contributed by atoms with E-state index in [0.29, 0.717) is 10.6 Å². The number of thiazole rings is 1. The molecule has 0 bridgehead atoms. The summed E-state index contributed by atoms with van der Waals surface area (Å²) in [6.45, 7) is 3.71. The van der Waals surface area contributed by atoms with E-state index in [9.17, 15) is 4.79 Å². The largest absolute Gasteiger partial charge is 0.321 e. The standard InChI is InChI=1S/C14H12N2OS/c1-4-11-6-5-7-12(8-11)16-14(17)13-9(2)15-10(3)18-13/h1,5-8H,2-3H3,(H,16,17). The number of anilines is 1. The maximum atomic E-state index is 12.1. The van der Waals surface area contributed by atoms with E-state index in [1.54, 1.807) is 6.07 Å². The molecule has 0 unspecified atom stereocenters. The highest BCUT2D eigenvalue weighted by Crippen LogP contribution is 2.19. The van der Waals surface area contributed by atoms with Crippen LogP contribution in [0.15, 0.2) is 24.3 Å². The van der Waals surface area contributed by atoms with Gasteiger partial charge in [0, 0.05) is 11.3 Å². The third-order valence-electron chi connectivity index (χ3n) is 2.40. The smallest absolute Gasteiger partial charge is 0.267 e. The van der Waals surface area contributed by atoms with Gasteiger partial charge in [0.25, 0.3) is 5.91 Å². The van der Waals surface area contributed by atoms with Crippen LogP contribution in [0.3, 0.4) is 0 Å². The molecule has 0 aliphatic carbocycles. The third-order valence-corrected chi connectivity index (χ3v) is 3.47. The highest BCUT2D eigenvalue weighted by Gasteiger charge is 2.13. The molecule has 2 rings (SSSR count). The maximum Gasteiger partial charge on any atom is 0.267 e. The summed E-state index contributed by atoms with van der Waals surface area (Å²) >= 11 is 1.39. The monoisotopic (exact) mass is 256 g/mol. The Hall–Kier alpha value is -2.12. The first-order valence-corrected chi connectivity index (χ1v) is 6.24. The molecule has 0 aliphatic rings. The summed E-state index contributed by atoms with van der Waals surface area (Å²) in [5.74, 6) is 2.39. The molecular weight excluding hydrogens is 244 g/mol. The summed E-state index contributed by atoms with van der Waals surface area (Å²) in [6.07, 6.45) is 5.32. The summed E-state index contributed by atoms with van der Waals surface area (Å²) in [7, 11) is 0. The summed E-state index contributed by atoms with van der Waals surface area (Å²) < 4.78 is 0. The molecule has 90 valence electrons. The number of carbonyl (C=O) groups is 1. The second-order valence-corrected chi connectivity index (χ2v) is 5.03. The van der Waals surface area contributed by atoms with E-state index in [2.05, 4.69) is 16.2 Å². The van der Waals surface area contributed by atoms with Crippen molar-refractivity contribution in [2.75, 3.05) is 5.32 Å². The first-order valence-electron chi connectivity index (χ1n) is 5.42. The molecule has 2 aromatic rings. The third kappa shape index (κ3) is 2.58. The van der Waals surface area contributed by atoms with Crippen molar-refractivity contribution < 1.29 is 4.79 Å². The van der Waals surface area contributed by atoms with Crippen LogP contribution in [-0.4, -0.2) is 10.9 Å². The summed E-state index contributed by atoms with van der Waals surface area (Å²) in [6, 6.07) is 7.20. The highest BCUT2D eigenvalue weighted by molar-refractivity contribution is 7.13. The Morgan fingerprint density at radius 2 is 2.22 bits per heavy atom. The van der Waals surface area contributed by atoms with Crippen molar-refractivity contribution in [1.82, 2.24) is 4.98 Å². The Morgan fingerprint density at radius 1 is 1.44 bits per heavy atom. The van der Waals surface area contributed by atoms with E-state index in [-0.39, 0.29) is 5.91 Å². The summed E-state index contributed by atoms with van der Waals surface area (Å²) in [4.78, 5) is 16.9. The number of aromatic nitrogens is 1. The van der Waals surface area contributed by atoms with Crippen LogP contribution < -0.4 is 5.32 Å². The zero-order chi connectivity index (χ0) is 13.1. The summed E-state index contributed by atoms with van der Waals surface area (Å²) in [5.41, 5.74) is 2.19. The first kappa shape index (κ1) is 12.3. The number of nitrogens with zero attached hydrogens (tertiary/aromatic N) is 1. The number of amides is 1. The fourth-order valence-electron chi connectivity index (χ4n) is 1.62. The number of rotatable bonds is 2. The predicted molar refractivity (Wildman–Crippen MR) is 73.9 cm³/mol. The van der Waals surface area contributed by atoms with Gasteiger partial charge in [-0.2, -0.15) is 0 Å². The van der Waals surface area contributed by atoms with E-state index < -0.39 is 0 Å². The van der Waals surface area contributed by atoms with Crippen molar-refractivity contribution >= 4 is 22.9 Å². The van der Waals surface area contributed by atoms with Crippen LogP contribution in [0, 0.1) is 26.2 Å². The second kappa shape index (κ2) is 5.03. The van der Waals surface area contributed by atoms with Crippen LogP contribution in [0.1, 0.15) is 25.9 Å². The molecule has 1 aromatic carbocycles. The lowest BCUT2D eigenvalue weighted by Gasteiger charge is -2.04. The molecule has 1 N–H and O–H groups in total. The molecule has 0 radical (unpaired) electrons. The molecule has 1 aromatic heterocycles. The Labute approximate surface area is 110 Å². The van der Waals surface area contributed by atoms with Crippen LogP contribution in [0.2, 0.25) is 0 Å². The van der Waals surface area contributed by atoms with Gasteiger partial charge in [0.2, 0.25) is 0 Å². The van der Waals surface area contributed by atoms with Crippen molar-refractivity contribution in [2.24, 2.45) is 0 Å². The highest BCUT2D eigenvalue weighted by atomic mass is 32.1. The molecule has 0 fully saturated rings. The van der Waals surface area contributed by atoms with Gasteiger partial charge in [0.1, 0.15) is 4.88 Å². The molecule has 0 saturated carbocycles. The Bertz CT molecular complexity index is 637. The number of hydrogen-bond acceptors (Lipinski definition) is 3. The van der Waals surface area contributed by atoms with Gasteiger partial charge in [0.05, 0.1) is 10.7 Å². The van der Waals surface area contributed by atoms with Gasteiger partial charge in [-0.15, -0.1) is 17.8 Å². The maximum absolute atomic E-state index is 12.1. The van der Waals surface area contributed by atoms with E-state index in [1.165, 1.54) is 11.3 Å². The number of hydrogen-bond donors (Lipinski definition) is 1. The quantitative estimate of drug-likeness (QED) is 0.839. The molecule has 0 aliphatic heterocycles. The normalized spacial score (nSPS) is 9.83. The number of terminal acetylenes is 1. The van der Waals surface area contributed by atoms with Crippen molar-refractivity contribution in [3.63, 3.8) is 0 Å². The molecule has 4 heteroatoms. The SMILES string of the molecule is C#Cc1cccc(NC(=O)c2sc(C)nc2C)c1. The lowest BCUT2D eigenvalue weighted by atomic mass is 10.2. The van der Waals surface area contributed by atoms with Crippen LogP contribution in [0.25, 0.3) is 0 Å². The number of carbonyl (C=O) groups excluding carboxylic acids is 1. The Morgan fingerprint density at radius 3 is 2.83 bits per heavy atom. The lowest BCUT2D eigenvalue weighted by molar-refractivity contribution is 0.103. The van der Waals surface area contributed by atoms with Crippen LogP contribution >= 0.6 is 11.3 Å². The van der Waals surface area contributed by atoms with Crippen molar-refractivity contribution in [1.29, 1.82) is 0 Å². The van der Waals surface area contributed by atoms with Gasteiger partial charge in [-0.25, -0.2) is 4.98 Å². The van der Waals surface area contributed by atoms with Gasteiger partial charge in [-0.05, 0) is 32.0 Å². The lowest BCUT2D eigenvalue weighted by Crippen LogP contribution is -2.11. The van der Waals surface area contributed by atoms with Crippen LogP contribution in [0.5, 0.6) is 0 Å². The van der Waals surface area contributed by atoms with Gasteiger partial charge < -0.3 is 5.32 Å². The molecule has 0 spiro atoms. The molecule has 1 heterocycles. The minimum Gasteiger partial charge on any atom is -0.321 e. The summed E-state index contributed by atoms with van der Waals surface area (Å²) in [5, 5.41) is 3.71. The van der Waals surface area contributed by atoms with Crippen molar-refractivity contribution in [3.8, 4) is 12.3 Å². The fraction of sp³-hybridized carbons (Fsp3) is 0.143. The van der Waals surface area contributed by atoms with E-state index >= 15 is 0 Å². The topological polar surface area (TPSA) is 42.0 Å². The van der Waals surface area contributed by atoms with Crippen LogP contribution in [0.4, 0.5) is 5.69 Å².